The van der Waals surface area contributed by atoms with E-state index in [9.17, 15) is 0 Å². The molecule has 4 N–H and O–H groups in total. The molecule has 27 heavy (non-hydrogen) atoms. The fourth-order valence-corrected chi connectivity index (χ4v) is 3.66. The number of aromatic nitrogens is 2. The summed E-state index contributed by atoms with van der Waals surface area (Å²) in [7, 11) is 0. The van der Waals surface area contributed by atoms with E-state index in [0.29, 0.717) is 5.95 Å². The van der Waals surface area contributed by atoms with Crippen molar-refractivity contribution >= 4 is 29.4 Å². The number of nitrogens with one attached hydrogen (secondary N) is 2. The zero-order valence-corrected chi connectivity index (χ0v) is 15.7. The highest BCUT2D eigenvalue weighted by atomic mass is 32.2. The van der Waals surface area contributed by atoms with Crippen molar-refractivity contribution in [3.63, 3.8) is 0 Å². The van der Waals surface area contributed by atoms with Crippen LogP contribution in [0.15, 0.2) is 65.6 Å². The Hall–Kier alpha value is -2.77. The lowest BCUT2D eigenvalue weighted by Crippen LogP contribution is -2.44. The number of hydrogen-bond donors (Lipinski definition) is 3. The Bertz CT molecular complexity index is 896. The summed E-state index contributed by atoms with van der Waals surface area (Å²) in [5.74, 6) is 1.19. The molecule has 4 rings (SSSR count). The van der Waals surface area contributed by atoms with E-state index in [1.807, 2.05) is 42.5 Å². The largest absolute Gasteiger partial charge is 0.368 e. The van der Waals surface area contributed by atoms with Crippen molar-refractivity contribution in [1.29, 1.82) is 0 Å². The molecular weight excluding hydrogens is 356 g/mol. The molecule has 1 saturated heterocycles. The van der Waals surface area contributed by atoms with Gasteiger partial charge >= 0.3 is 0 Å². The molecule has 0 spiro atoms. The molecule has 7 heteroatoms. The van der Waals surface area contributed by atoms with E-state index in [-0.39, 0.29) is 0 Å². The quantitative estimate of drug-likeness (QED) is 0.588. The SMILES string of the molecule is Nc1nc(-c2cccc(NSc3ccccc3)c2)cc(N2CCNCC2)n1. The van der Waals surface area contributed by atoms with Gasteiger partial charge in [0.15, 0.2) is 0 Å². The third kappa shape index (κ3) is 4.50. The summed E-state index contributed by atoms with van der Waals surface area (Å²) < 4.78 is 3.39. The molecule has 2 aromatic carbocycles. The number of rotatable bonds is 5. The third-order valence-electron chi connectivity index (χ3n) is 4.36. The lowest BCUT2D eigenvalue weighted by atomic mass is 10.1. The summed E-state index contributed by atoms with van der Waals surface area (Å²) in [5.41, 5.74) is 8.86. The van der Waals surface area contributed by atoms with Crippen LogP contribution in [0, 0.1) is 0 Å². The number of nitrogen functional groups attached to an aromatic ring is 1. The molecule has 0 unspecified atom stereocenters. The zero-order valence-electron chi connectivity index (χ0n) is 14.9. The van der Waals surface area contributed by atoms with Crippen molar-refractivity contribution in [3.8, 4) is 11.3 Å². The van der Waals surface area contributed by atoms with Crippen molar-refractivity contribution in [2.24, 2.45) is 0 Å². The summed E-state index contributed by atoms with van der Waals surface area (Å²) in [6.45, 7) is 3.75. The Morgan fingerprint density at radius 1 is 0.963 bits per heavy atom. The minimum absolute atomic E-state index is 0.304. The van der Waals surface area contributed by atoms with Crippen molar-refractivity contribution in [1.82, 2.24) is 15.3 Å². The van der Waals surface area contributed by atoms with Gasteiger partial charge in [0, 0.05) is 48.4 Å². The number of benzene rings is 2. The molecule has 1 aromatic heterocycles. The second-order valence-corrected chi connectivity index (χ2v) is 7.18. The van der Waals surface area contributed by atoms with Gasteiger partial charge in [-0.25, -0.2) is 4.98 Å². The molecule has 0 radical (unpaired) electrons. The van der Waals surface area contributed by atoms with Gasteiger partial charge in [0.2, 0.25) is 5.95 Å². The van der Waals surface area contributed by atoms with Crippen LogP contribution in [0.1, 0.15) is 0 Å². The van der Waals surface area contributed by atoms with Gasteiger partial charge in [-0.2, -0.15) is 4.98 Å². The molecule has 1 aliphatic heterocycles. The van der Waals surface area contributed by atoms with Crippen LogP contribution in [0.4, 0.5) is 17.5 Å². The van der Waals surface area contributed by atoms with Gasteiger partial charge in [0.25, 0.3) is 0 Å². The fourth-order valence-electron chi connectivity index (χ4n) is 3.00. The van der Waals surface area contributed by atoms with Crippen LogP contribution in [0.5, 0.6) is 0 Å². The first kappa shape index (κ1) is 17.6. The number of hydrogen-bond acceptors (Lipinski definition) is 7. The maximum Gasteiger partial charge on any atom is 0.222 e. The van der Waals surface area contributed by atoms with Crippen molar-refractivity contribution < 1.29 is 0 Å². The van der Waals surface area contributed by atoms with E-state index >= 15 is 0 Å². The Labute approximate surface area is 163 Å². The van der Waals surface area contributed by atoms with Crippen LogP contribution in [0.3, 0.4) is 0 Å². The maximum atomic E-state index is 5.99. The zero-order chi connectivity index (χ0) is 18.5. The van der Waals surface area contributed by atoms with Gasteiger partial charge in [0.1, 0.15) is 5.82 Å². The molecule has 2 heterocycles. The molecule has 0 saturated carbocycles. The number of nitrogens with two attached hydrogens (primary N) is 1. The second kappa shape index (κ2) is 8.28. The summed E-state index contributed by atoms with van der Waals surface area (Å²) in [5, 5.41) is 3.35. The second-order valence-electron chi connectivity index (χ2n) is 6.30. The highest BCUT2D eigenvalue weighted by Gasteiger charge is 2.14. The van der Waals surface area contributed by atoms with Crippen molar-refractivity contribution in [2.75, 3.05) is 41.5 Å². The number of piperazine rings is 1. The minimum Gasteiger partial charge on any atom is -0.368 e. The van der Waals surface area contributed by atoms with E-state index < -0.39 is 0 Å². The first-order valence-electron chi connectivity index (χ1n) is 8.96. The van der Waals surface area contributed by atoms with E-state index in [2.05, 4.69) is 43.1 Å². The molecule has 0 atom stereocenters. The highest BCUT2D eigenvalue weighted by molar-refractivity contribution is 8.00. The van der Waals surface area contributed by atoms with E-state index in [0.717, 1.165) is 53.8 Å². The van der Waals surface area contributed by atoms with E-state index in [1.165, 1.54) is 0 Å². The molecule has 1 fully saturated rings. The maximum absolute atomic E-state index is 5.99. The average molecular weight is 379 g/mol. The van der Waals surface area contributed by atoms with E-state index in [4.69, 9.17) is 5.73 Å². The van der Waals surface area contributed by atoms with Gasteiger partial charge in [-0.3, -0.25) is 0 Å². The van der Waals surface area contributed by atoms with Crippen LogP contribution >= 0.6 is 11.9 Å². The van der Waals surface area contributed by atoms with Crippen molar-refractivity contribution in [2.45, 2.75) is 4.90 Å². The van der Waals surface area contributed by atoms with Crippen LogP contribution in [-0.4, -0.2) is 36.1 Å². The summed E-state index contributed by atoms with van der Waals surface area (Å²) in [6, 6.07) is 20.4. The molecule has 0 aliphatic carbocycles. The van der Waals surface area contributed by atoms with Gasteiger partial charge in [-0.15, -0.1) is 0 Å². The van der Waals surface area contributed by atoms with Gasteiger partial charge in [-0.1, -0.05) is 30.3 Å². The molecule has 0 bridgehead atoms. The van der Waals surface area contributed by atoms with Crippen LogP contribution in [0.25, 0.3) is 11.3 Å². The Morgan fingerprint density at radius 3 is 2.59 bits per heavy atom. The topological polar surface area (TPSA) is 79.1 Å². The van der Waals surface area contributed by atoms with Crippen LogP contribution in [0.2, 0.25) is 0 Å². The summed E-state index contributed by atoms with van der Waals surface area (Å²) in [4.78, 5) is 12.3. The average Bonchev–Trinajstić information content (AvgIpc) is 2.73. The normalized spacial score (nSPS) is 14.1. The first-order chi connectivity index (χ1) is 13.3. The molecule has 138 valence electrons. The molecule has 1 aliphatic rings. The lowest BCUT2D eigenvalue weighted by Gasteiger charge is -2.28. The summed E-state index contributed by atoms with van der Waals surface area (Å²) >= 11 is 1.58. The van der Waals surface area contributed by atoms with Crippen molar-refractivity contribution in [3.05, 3.63) is 60.7 Å². The smallest absolute Gasteiger partial charge is 0.222 e. The lowest BCUT2D eigenvalue weighted by molar-refractivity contribution is 0.585. The fraction of sp³-hybridized carbons (Fsp3) is 0.200. The summed E-state index contributed by atoms with van der Waals surface area (Å²) in [6.07, 6.45) is 0. The van der Waals surface area contributed by atoms with E-state index in [1.54, 1.807) is 11.9 Å². The minimum atomic E-state index is 0.304. The predicted molar refractivity (Wildman–Crippen MR) is 113 cm³/mol. The monoisotopic (exact) mass is 378 g/mol. The number of anilines is 3. The van der Waals surface area contributed by atoms with Gasteiger partial charge < -0.3 is 20.7 Å². The van der Waals surface area contributed by atoms with Gasteiger partial charge in [-0.05, 0) is 36.2 Å². The highest BCUT2D eigenvalue weighted by Crippen LogP contribution is 2.27. The van der Waals surface area contributed by atoms with Crippen LogP contribution in [-0.2, 0) is 0 Å². The molecular formula is C20H22N6S. The standard InChI is InChI=1S/C20H22N6S/c21-20-23-18(14-19(24-20)26-11-9-22-10-12-26)15-5-4-6-16(13-15)25-27-17-7-2-1-3-8-17/h1-8,13-14,22,25H,9-12H2,(H2,21,23,24). The molecule has 6 nitrogen and oxygen atoms in total. The van der Waals surface area contributed by atoms with Crippen LogP contribution < -0.4 is 20.7 Å². The first-order valence-corrected chi connectivity index (χ1v) is 9.78. The predicted octanol–water partition coefficient (Wildman–Crippen LogP) is 3.25. The Kier molecular flexibility index (Phi) is 5.41. The van der Waals surface area contributed by atoms with Gasteiger partial charge in [0.05, 0.1) is 5.69 Å². The third-order valence-corrected chi connectivity index (χ3v) is 5.20. The molecule has 0 amide bonds. The molecule has 3 aromatic rings. The Morgan fingerprint density at radius 2 is 1.78 bits per heavy atom. The Balaban J connectivity index is 1.55. The number of nitrogens with zero attached hydrogens (tertiary/aromatic N) is 3.